The number of hydrogen-bond acceptors (Lipinski definition) is 15. The van der Waals surface area contributed by atoms with E-state index in [-0.39, 0.29) is 33.8 Å². The molecule has 0 unspecified atom stereocenters. The molecule has 0 radical (unpaired) electrons. The fourth-order valence-electron chi connectivity index (χ4n) is 4.77. The summed E-state index contributed by atoms with van der Waals surface area (Å²) >= 11 is 0. The first-order valence-electron chi connectivity index (χ1n) is 12.7. The molecule has 15 heteroatoms. The van der Waals surface area contributed by atoms with Gasteiger partial charge in [-0.05, 0) is 17.7 Å². The lowest BCUT2D eigenvalue weighted by Gasteiger charge is -2.40. The summed E-state index contributed by atoms with van der Waals surface area (Å²) in [5.74, 6) is -0.712. The highest BCUT2D eigenvalue weighted by atomic mass is 16.7. The topological polar surface area (TPSA) is 238 Å². The summed E-state index contributed by atoms with van der Waals surface area (Å²) in [4.78, 5) is 12.4. The summed E-state index contributed by atoms with van der Waals surface area (Å²) in [5, 5.41) is 81.5. The van der Waals surface area contributed by atoms with E-state index in [0.29, 0.717) is 5.56 Å². The Morgan fingerprint density at radius 1 is 0.976 bits per heavy atom. The van der Waals surface area contributed by atoms with Crippen LogP contribution in [0.1, 0.15) is 0 Å². The molecular weight excluding hydrogens is 564 g/mol. The van der Waals surface area contributed by atoms with Gasteiger partial charge in [0.05, 0.1) is 32.3 Å². The van der Waals surface area contributed by atoms with Crippen molar-refractivity contribution >= 4 is 11.0 Å². The molecule has 0 aliphatic carbocycles. The van der Waals surface area contributed by atoms with Crippen LogP contribution in [0.3, 0.4) is 0 Å². The molecule has 1 aromatic heterocycles. The van der Waals surface area contributed by atoms with Crippen molar-refractivity contribution in [1.29, 1.82) is 0 Å². The van der Waals surface area contributed by atoms with E-state index >= 15 is 0 Å². The van der Waals surface area contributed by atoms with Gasteiger partial charge in [0.25, 0.3) is 0 Å². The van der Waals surface area contributed by atoms with Gasteiger partial charge in [0.15, 0.2) is 17.8 Å². The number of aliphatic hydroxyl groups excluding tert-OH is 5. The first-order chi connectivity index (χ1) is 19.9. The fraction of sp³-hybridized carbons (Fsp3) is 0.444. The van der Waals surface area contributed by atoms with E-state index in [1.165, 1.54) is 37.4 Å². The van der Waals surface area contributed by atoms with Crippen LogP contribution in [-0.2, 0) is 14.2 Å². The maximum absolute atomic E-state index is 12.4. The lowest BCUT2D eigenvalue weighted by molar-refractivity contribution is -0.289. The Hall–Kier alpha value is -3.51. The molecule has 5 rings (SSSR count). The van der Waals surface area contributed by atoms with E-state index in [2.05, 4.69) is 0 Å². The monoisotopic (exact) mass is 594 g/mol. The highest BCUT2D eigenvalue weighted by Gasteiger charge is 2.50. The molecule has 0 amide bonds. The Balaban J connectivity index is 1.47. The van der Waals surface area contributed by atoms with Gasteiger partial charge >= 0.3 is 5.63 Å². The third-order valence-electron chi connectivity index (χ3n) is 7.22. The lowest BCUT2D eigenvalue weighted by Crippen LogP contribution is -2.60. The predicted molar refractivity (Wildman–Crippen MR) is 139 cm³/mol. The van der Waals surface area contributed by atoms with Crippen molar-refractivity contribution in [3.8, 4) is 34.1 Å². The largest absolute Gasteiger partial charge is 0.504 e. The van der Waals surface area contributed by atoms with Crippen molar-refractivity contribution in [2.24, 2.45) is 0 Å². The molecule has 42 heavy (non-hydrogen) atoms. The van der Waals surface area contributed by atoms with Crippen LogP contribution in [0.2, 0.25) is 0 Å². The van der Waals surface area contributed by atoms with Crippen molar-refractivity contribution in [1.82, 2.24) is 0 Å². The van der Waals surface area contributed by atoms with Gasteiger partial charge in [0, 0.05) is 23.8 Å². The quantitative estimate of drug-likeness (QED) is 0.110. The number of aromatic hydroxyl groups is 2. The molecule has 3 heterocycles. The Morgan fingerprint density at radius 3 is 2.40 bits per heavy atom. The van der Waals surface area contributed by atoms with Crippen molar-refractivity contribution in [3.63, 3.8) is 0 Å². The van der Waals surface area contributed by atoms with E-state index < -0.39 is 79.9 Å². The minimum absolute atomic E-state index is 0.00563. The third-order valence-corrected chi connectivity index (χ3v) is 7.22. The zero-order valence-electron chi connectivity index (χ0n) is 22.1. The van der Waals surface area contributed by atoms with Crippen molar-refractivity contribution in [2.45, 2.75) is 48.7 Å². The number of methoxy groups -OCH3 is 1. The molecule has 2 aliphatic rings. The Bertz CT molecular complexity index is 1490. The lowest BCUT2D eigenvalue weighted by atomic mass is 9.98. The molecule has 8 N–H and O–H groups in total. The van der Waals surface area contributed by atoms with Gasteiger partial charge in [-0.25, -0.2) is 4.79 Å². The van der Waals surface area contributed by atoms with Gasteiger partial charge in [0.1, 0.15) is 53.2 Å². The molecule has 0 saturated carbocycles. The highest BCUT2D eigenvalue weighted by Crippen LogP contribution is 2.41. The zero-order valence-corrected chi connectivity index (χ0v) is 22.1. The van der Waals surface area contributed by atoms with E-state index in [0.717, 1.165) is 6.07 Å². The number of phenols is 2. The molecule has 0 spiro atoms. The second-order valence-electron chi connectivity index (χ2n) is 10.0. The maximum Gasteiger partial charge on any atom is 0.336 e. The van der Waals surface area contributed by atoms with Gasteiger partial charge in [-0.15, -0.1) is 0 Å². The number of aliphatic hydroxyl groups is 6. The summed E-state index contributed by atoms with van der Waals surface area (Å²) in [7, 11) is 1.35. The first-order valence-corrected chi connectivity index (χ1v) is 12.7. The maximum atomic E-state index is 12.4. The van der Waals surface area contributed by atoms with Crippen LogP contribution in [-0.4, -0.2) is 116 Å². The Kier molecular flexibility index (Phi) is 8.30. The van der Waals surface area contributed by atoms with Gasteiger partial charge in [-0.1, -0.05) is 6.07 Å². The van der Waals surface area contributed by atoms with Gasteiger partial charge < -0.3 is 69.0 Å². The molecule has 2 aliphatic heterocycles. The average molecular weight is 595 g/mol. The number of phenolic OH excluding ortho intramolecular Hbond substituents is 2. The predicted octanol–water partition coefficient (Wildman–Crippen LogP) is -1.48. The van der Waals surface area contributed by atoms with Gasteiger partial charge in [0.2, 0.25) is 6.29 Å². The zero-order chi connectivity index (χ0) is 30.3. The van der Waals surface area contributed by atoms with E-state index in [9.17, 15) is 45.6 Å². The summed E-state index contributed by atoms with van der Waals surface area (Å²) in [6.07, 6.45) is -11.2. The number of ether oxygens (including phenoxy) is 5. The van der Waals surface area contributed by atoms with Crippen LogP contribution < -0.4 is 15.1 Å². The Morgan fingerprint density at radius 2 is 1.74 bits per heavy atom. The summed E-state index contributed by atoms with van der Waals surface area (Å²) in [6, 6.07) is 7.80. The molecule has 3 aromatic rings. The normalized spacial score (nSPS) is 31.4. The standard InChI is InChI=1S/C27H30O15/c1-37-12-5-16-20(13(7-19(31)40-16)11-2-3-14(29)15(30)4-11)17(6-12)41-25-23(34)22(33)21(32)18(42-25)8-38-26-24(35)27(36,9-28)10-39-26/h2-7,18,21-26,28-30,32-36H,8-10H2,1H3/t18-,21+,22+,23+,24-,25+,26+,27-/m0/s1. The second kappa shape index (κ2) is 11.6. The van der Waals surface area contributed by atoms with Crippen LogP contribution in [0.4, 0.5) is 0 Å². The van der Waals surface area contributed by atoms with E-state index in [1.807, 2.05) is 0 Å². The van der Waals surface area contributed by atoms with Crippen LogP contribution in [0.5, 0.6) is 23.0 Å². The molecule has 8 atom stereocenters. The number of benzene rings is 2. The smallest absolute Gasteiger partial charge is 0.336 e. The van der Waals surface area contributed by atoms with Crippen molar-refractivity contribution in [2.75, 3.05) is 26.9 Å². The van der Waals surface area contributed by atoms with E-state index in [1.54, 1.807) is 0 Å². The summed E-state index contributed by atoms with van der Waals surface area (Å²) in [6.45, 7) is -1.71. The Labute approximate surface area is 236 Å². The van der Waals surface area contributed by atoms with Crippen LogP contribution >= 0.6 is 0 Å². The van der Waals surface area contributed by atoms with Crippen molar-refractivity contribution in [3.05, 3.63) is 46.8 Å². The van der Waals surface area contributed by atoms with Crippen molar-refractivity contribution < 1.29 is 69.0 Å². The fourth-order valence-corrected chi connectivity index (χ4v) is 4.77. The molecule has 2 fully saturated rings. The van der Waals surface area contributed by atoms with Crippen LogP contribution in [0.25, 0.3) is 22.1 Å². The first kappa shape index (κ1) is 30.0. The van der Waals surface area contributed by atoms with Gasteiger partial charge in [-0.2, -0.15) is 0 Å². The van der Waals surface area contributed by atoms with Gasteiger partial charge in [-0.3, -0.25) is 0 Å². The minimum Gasteiger partial charge on any atom is -0.504 e. The molecule has 2 saturated heterocycles. The molecule has 15 nitrogen and oxygen atoms in total. The number of fused-ring (bicyclic) bond motifs is 1. The van der Waals surface area contributed by atoms with Crippen LogP contribution in [0.15, 0.2) is 45.6 Å². The second-order valence-corrected chi connectivity index (χ2v) is 10.0. The number of hydrogen-bond donors (Lipinski definition) is 8. The number of rotatable bonds is 8. The highest BCUT2D eigenvalue weighted by molar-refractivity contribution is 5.98. The summed E-state index contributed by atoms with van der Waals surface area (Å²) < 4.78 is 32.9. The molecular formula is C27H30O15. The summed E-state index contributed by atoms with van der Waals surface area (Å²) in [5.41, 5.74) is -2.20. The molecule has 2 aromatic carbocycles. The van der Waals surface area contributed by atoms with E-state index in [4.69, 9.17) is 28.1 Å². The minimum atomic E-state index is -1.95. The molecule has 0 bridgehead atoms. The van der Waals surface area contributed by atoms with Crippen LogP contribution in [0, 0.1) is 0 Å². The molecule has 228 valence electrons. The third kappa shape index (κ3) is 5.49. The SMILES string of the molecule is COc1cc(O[C@@H]2O[C@@H](CO[C@@H]3OC[C@@](O)(CO)[C@H]3O)[C@@H](O)[C@@H](O)[C@H]2O)c2c(-c3ccc(O)c(O)c3)cc(=O)oc2c1. The average Bonchev–Trinajstić information content (AvgIpc) is 3.26.